The molecule has 1 aliphatic carbocycles. The largest absolute Gasteiger partial charge is 0.483 e. The van der Waals surface area contributed by atoms with E-state index in [1.54, 1.807) is 36.4 Å². The number of anilines is 1. The fourth-order valence-corrected chi connectivity index (χ4v) is 5.34. The van der Waals surface area contributed by atoms with E-state index in [0.717, 1.165) is 0 Å². The molecule has 0 bridgehead atoms. The Labute approximate surface area is 227 Å². The van der Waals surface area contributed by atoms with Gasteiger partial charge in [-0.15, -0.1) is 0 Å². The SMILES string of the molecule is CC1(C)CC(=O)C2=C(C1)OC(N)=C(C#N)C2c1cc(Br)ccc1OCC(=O)Nc1cc(Cl)cc(Cl)c1. The van der Waals surface area contributed by atoms with Gasteiger partial charge in [0.25, 0.3) is 5.91 Å². The Morgan fingerprint density at radius 1 is 1.25 bits per heavy atom. The summed E-state index contributed by atoms with van der Waals surface area (Å²) in [6.45, 7) is 3.62. The first-order valence-electron chi connectivity index (χ1n) is 11.0. The zero-order chi connectivity index (χ0) is 26.2. The molecule has 0 saturated heterocycles. The standard InChI is InChI=1S/C26H22BrCl2N3O4/c1-26(2)9-19(33)24-21(10-26)36-25(31)18(11-30)23(24)17-5-13(27)3-4-20(17)35-12-22(34)32-16-7-14(28)6-15(29)8-16/h3-8,23H,9-10,12,31H2,1-2H3,(H,32,34). The molecule has 1 unspecified atom stereocenters. The number of amides is 1. The number of ketones is 1. The molecule has 4 rings (SSSR count). The summed E-state index contributed by atoms with van der Waals surface area (Å²) >= 11 is 15.5. The highest BCUT2D eigenvalue weighted by atomic mass is 79.9. The topological polar surface area (TPSA) is 114 Å². The Kier molecular flexibility index (Phi) is 7.37. The summed E-state index contributed by atoms with van der Waals surface area (Å²) in [4.78, 5) is 25.9. The minimum Gasteiger partial charge on any atom is -0.483 e. The van der Waals surface area contributed by atoms with E-state index in [-0.39, 0.29) is 29.3 Å². The van der Waals surface area contributed by atoms with Crippen molar-refractivity contribution in [3.63, 3.8) is 0 Å². The lowest BCUT2D eigenvalue weighted by atomic mass is 9.70. The zero-order valence-corrected chi connectivity index (χ0v) is 22.6. The lowest BCUT2D eigenvalue weighted by Gasteiger charge is -2.37. The van der Waals surface area contributed by atoms with Gasteiger partial charge < -0.3 is 20.5 Å². The van der Waals surface area contributed by atoms with Crippen LogP contribution >= 0.6 is 39.1 Å². The average Bonchev–Trinajstić information content (AvgIpc) is 2.75. The van der Waals surface area contributed by atoms with Gasteiger partial charge >= 0.3 is 0 Å². The van der Waals surface area contributed by atoms with Crippen LogP contribution in [0.1, 0.15) is 38.2 Å². The number of carbonyl (C=O) groups is 2. The van der Waals surface area contributed by atoms with E-state index in [1.807, 2.05) is 13.8 Å². The molecule has 2 aliphatic rings. The van der Waals surface area contributed by atoms with Crippen molar-refractivity contribution >= 4 is 56.5 Å². The molecular formula is C26H22BrCl2N3O4. The molecular weight excluding hydrogens is 569 g/mol. The first-order valence-corrected chi connectivity index (χ1v) is 12.5. The molecule has 10 heteroatoms. The smallest absolute Gasteiger partial charge is 0.262 e. The molecule has 1 amide bonds. The van der Waals surface area contributed by atoms with Gasteiger partial charge in [0.05, 0.1) is 5.92 Å². The molecule has 0 saturated carbocycles. The summed E-state index contributed by atoms with van der Waals surface area (Å²) in [5.74, 6) is -0.611. The number of hydrogen-bond acceptors (Lipinski definition) is 6. The third-order valence-electron chi connectivity index (χ3n) is 5.86. The van der Waals surface area contributed by atoms with Crippen LogP contribution in [0.2, 0.25) is 10.0 Å². The van der Waals surface area contributed by atoms with E-state index >= 15 is 0 Å². The number of halogens is 3. The summed E-state index contributed by atoms with van der Waals surface area (Å²) < 4.78 is 12.3. The summed E-state index contributed by atoms with van der Waals surface area (Å²) in [7, 11) is 0. The maximum absolute atomic E-state index is 13.3. The number of nitriles is 1. The van der Waals surface area contributed by atoms with Gasteiger partial charge in [-0.3, -0.25) is 9.59 Å². The maximum atomic E-state index is 13.3. The van der Waals surface area contributed by atoms with Crippen LogP contribution < -0.4 is 15.8 Å². The minimum absolute atomic E-state index is 0.0479. The molecule has 0 aromatic heterocycles. The molecule has 186 valence electrons. The van der Waals surface area contributed by atoms with Gasteiger partial charge in [-0.1, -0.05) is 53.0 Å². The van der Waals surface area contributed by atoms with Gasteiger partial charge in [0.2, 0.25) is 5.88 Å². The number of nitrogens with zero attached hydrogens (tertiary/aromatic N) is 1. The monoisotopic (exact) mass is 589 g/mol. The number of ether oxygens (including phenoxy) is 2. The molecule has 0 fully saturated rings. The quantitative estimate of drug-likeness (QED) is 0.427. The number of carbonyl (C=O) groups excluding carboxylic acids is 2. The van der Waals surface area contributed by atoms with Crippen molar-refractivity contribution in [3.8, 4) is 11.8 Å². The van der Waals surface area contributed by atoms with Gasteiger partial charge in [0, 0.05) is 44.2 Å². The number of rotatable bonds is 5. The number of nitrogens with one attached hydrogen (secondary N) is 1. The van der Waals surface area contributed by atoms with Crippen LogP contribution in [-0.4, -0.2) is 18.3 Å². The molecule has 1 heterocycles. The van der Waals surface area contributed by atoms with Crippen molar-refractivity contribution in [2.45, 2.75) is 32.6 Å². The predicted molar refractivity (Wildman–Crippen MR) is 140 cm³/mol. The highest BCUT2D eigenvalue weighted by Crippen LogP contribution is 2.49. The second-order valence-corrected chi connectivity index (χ2v) is 11.2. The summed E-state index contributed by atoms with van der Waals surface area (Å²) in [6, 6.07) is 11.9. The first kappa shape index (κ1) is 26.1. The second kappa shape index (κ2) is 10.2. The third-order valence-corrected chi connectivity index (χ3v) is 6.79. The Hall–Kier alpha value is -2.99. The fourth-order valence-electron chi connectivity index (χ4n) is 4.44. The van der Waals surface area contributed by atoms with Crippen molar-refractivity contribution < 1.29 is 19.1 Å². The number of allylic oxidation sites excluding steroid dienone is 3. The molecule has 1 atom stereocenters. The van der Waals surface area contributed by atoms with Crippen molar-refractivity contribution in [2.24, 2.45) is 11.1 Å². The molecule has 1 aliphatic heterocycles. The molecule has 7 nitrogen and oxygen atoms in total. The van der Waals surface area contributed by atoms with Crippen LogP contribution in [0, 0.1) is 16.7 Å². The molecule has 0 radical (unpaired) electrons. The van der Waals surface area contributed by atoms with Crippen LogP contribution in [0.4, 0.5) is 5.69 Å². The van der Waals surface area contributed by atoms with Crippen molar-refractivity contribution in [1.82, 2.24) is 0 Å². The van der Waals surface area contributed by atoms with E-state index in [0.29, 0.717) is 55.7 Å². The second-order valence-electron chi connectivity index (χ2n) is 9.38. The Bertz CT molecular complexity index is 1360. The molecule has 3 N–H and O–H groups in total. The zero-order valence-electron chi connectivity index (χ0n) is 19.5. The molecule has 2 aromatic rings. The Morgan fingerprint density at radius 3 is 2.61 bits per heavy atom. The lowest BCUT2D eigenvalue weighted by Crippen LogP contribution is -2.33. The van der Waals surface area contributed by atoms with Crippen LogP contribution in [-0.2, 0) is 14.3 Å². The van der Waals surface area contributed by atoms with Crippen LogP contribution in [0.5, 0.6) is 5.75 Å². The normalized spacial score (nSPS) is 18.8. The van der Waals surface area contributed by atoms with Crippen LogP contribution in [0.3, 0.4) is 0 Å². The van der Waals surface area contributed by atoms with Crippen molar-refractivity contribution in [3.05, 3.63) is 79.3 Å². The minimum atomic E-state index is -0.787. The number of hydrogen-bond donors (Lipinski definition) is 2. The molecule has 36 heavy (non-hydrogen) atoms. The predicted octanol–water partition coefficient (Wildman–Crippen LogP) is 6.22. The average molecular weight is 591 g/mol. The molecule has 0 spiro atoms. The van der Waals surface area contributed by atoms with Crippen LogP contribution in [0.25, 0.3) is 0 Å². The number of nitrogens with two attached hydrogens (primary N) is 1. The summed E-state index contributed by atoms with van der Waals surface area (Å²) in [6.07, 6.45) is 0.803. The van der Waals surface area contributed by atoms with Crippen molar-refractivity contribution in [2.75, 3.05) is 11.9 Å². The Balaban J connectivity index is 1.67. The summed E-state index contributed by atoms with van der Waals surface area (Å²) in [5, 5.41) is 13.4. The van der Waals surface area contributed by atoms with E-state index in [9.17, 15) is 14.9 Å². The van der Waals surface area contributed by atoms with Crippen molar-refractivity contribution in [1.29, 1.82) is 5.26 Å². The lowest BCUT2D eigenvalue weighted by molar-refractivity contribution is -0.119. The van der Waals surface area contributed by atoms with E-state index in [4.69, 9.17) is 38.4 Å². The fraction of sp³-hybridized carbons (Fsp3) is 0.269. The van der Waals surface area contributed by atoms with Crippen LogP contribution in [0.15, 0.2) is 63.7 Å². The Morgan fingerprint density at radius 2 is 1.94 bits per heavy atom. The molecule has 2 aromatic carbocycles. The van der Waals surface area contributed by atoms with Gasteiger partial charge in [-0.25, -0.2) is 0 Å². The summed E-state index contributed by atoms with van der Waals surface area (Å²) in [5.41, 5.74) is 7.28. The maximum Gasteiger partial charge on any atom is 0.262 e. The highest BCUT2D eigenvalue weighted by Gasteiger charge is 2.43. The van der Waals surface area contributed by atoms with E-state index < -0.39 is 11.8 Å². The van der Waals surface area contributed by atoms with Gasteiger partial charge in [0.1, 0.15) is 23.2 Å². The number of Topliss-reactive ketones (excluding diaryl/α,β-unsaturated/α-hetero) is 1. The third kappa shape index (κ3) is 5.54. The van der Waals surface area contributed by atoms with Gasteiger partial charge in [0.15, 0.2) is 12.4 Å². The van der Waals surface area contributed by atoms with E-state index in [2.05, 4.69) is 27.3 Å². The van der Waals surface area contributed by atoms with E-state index in [1.165, 1.54) is 0 Å². The van der Waals surface area contributed by atoms with Gasteiger partial charge in [-0.2, -0.15) is 5.26 Å². The first-order chi connectivity index (χ1) is 17.0. The van der Waals surface area contributed by atoms with Gasteiger partial charge in [-0.05, 0) is 41.8 Å². The number of benzene rings is 2. The highest BCUT2D eigenvalue weighted by molar-refractivity contribution is 9.10.